The Hall–Kier alpha value is -1.88. The maximum Gasteiger partial charge on any atom is 0.251 e. The zero-order valence-electron chi connectivity index (χ0n) is 11.6. The number of hydrogen-bond donors (Lipinski definition) is 3. The van der Waals surface area contributed by atoms with Crippen LogP contribution in [0.2, 0.25) is 0 Å². The molecule has 3 N–H and O–H groups in total. The molecule has 1 aromatic rings. The van der Waals surface area contributed by atoms with E-state index < -0.39 is 5.91 Å². The van der Waals surface area contributed by atoms with Crippen molar-refractivity contribution in [2.75, 3.05) is 0 Å². The van der Waals surface area contributed by atoms with E-state index >= 15 is 0 Å². The van der Waals surface area contributed by atoms with Crippen LogP contribution in [0.3, 0.4) is 0 Å². The molecule has 0 radical (unpaired) electrons. The van der Waals surface area contributed by atoms with E-state index in [0.717, 1.165) is 24.8 Å². The van der Waals surface area contributed by atoms with E-state index in [1.807, 2.05) is 19.1 Å². The van der Waals surface area contributed by atoms with Crippen molar-refractivity contribution in [2.45, 2.75) is 38.6 Å². The Kier molecular flexibility index (Phi) is 4.74. The van der Waals surface area contributed by atoms with Crippen molar-refractivity contribution in [1.29, 1.82) is 0 Å². The van der Waals surface area contributed by atoms with Gasteiger partial charge in [0.25, 0.3) is 5.91 Å². The van der Waals surface area contributed by atoms with E-state index in [9.17, 15) is 9.59 Å². The summed E-state index contributed by atoms with van der Waals surface area (Å²) < 4.78 is 0. The maximum absolute atomic E-state index is 12.2. The average Bonchev–Trinajstić information content (AvgIpc) is 2.47. The largest absolute Gasteiger partial charge is 0.349 e. The van der Waals surface area contributed by atoms with Gasteiger partial charge in [-0.15, -0.1) is 0 Å². The first kappa shape index (κ1) is 14.5. The number of carbonyl (C=O) groups is 2. The van der Waals surface area contributed by atoms with Crippen molar-refractivity contribution in [1.82, 2.24) is 10.8 Å². The van der Waals surface area contributed by atoms with Crippen LogP contribution in [0.5, 0.6) is 0 Å². The molecule has 108 valence electrons. The molecule has 2 rings (SSSR count). The van der Waals surface area contributed by atoms with Crippen LogP contribution in [-0.4, -0.2) is 23.1 Å². The molecule has 2 amide bonds. The quantitative estimate of drug-likeness (QED) is 0.582. The first-order valence-corrected chi connectivity index (χ1v) is 6.93. The highest BCUT2D eigenvalue weighted by molar-refractivity contribution is 5.94. The van der Waals surface area contributed by atoms with Crippen molar-refractivity contribution in [3.63, 3.8) is 0 Å². The van der Waals surface area contributed by atoms with Gasteiger partial charge in [-0.3, -0.25) is 14.8 Å². The lowest BCUT2D eigenvalue weighted by atomic mass is 9.84. The predicted octanol–water partition coefficient (Wildman–Crippen LogP) is 1.79. The van der Waals surface area contributed by atoms with Crippen LogP contribution in [0.1, 0.15) is 41.6 Å². The molecule has 0 spiro atoms. The molecule has 20 heavy (non-hydrogen) atoms. The third kappa shape index (κ3) is 3.36. The Labute approximate surface area is 118 Å². The smallest absolute Gasteiger partial charge is 0.251 e. The number of rotatable bonds is 3. The summed E-state index contributed by atoms with van der Waals surface area (Å²) in [5.41, 5.74) is 3.38. The minimum absolute atomic E-state index is 0.173. The molecule has 0 aromatic heterocycles. The van der Waals surface area contributed by atoms with Crippen molar-refractivity contribution in [2.24, 2.45) is 5.92 Å². The average molecular weight is 276 g/mol. The second-order valence-electron chi connectivity index (χ2n) is 5.31. The monoisotopic (exact) mass is 276 g/mol. The lowest BCUT2D eigenvalue weighted by molar-refractivity contribution is -0.135. The number of hydroxylamine groups is 1. The fraction of sp³-hybridized carbons (Fsp3) is 0.467. The van der Waals surface area contributed by atoms with Crippen LogP contribution in [0.4, 0.5) is 0 Å². The van der Waals surface area contributed by atoms with Crippen LogP contribution >= 0.6 is 0 Å². The molecule has 5 heteroatoms. The summed E-state index contributed by atoms with van der Waals surface area (Å²) >= 11 is 0. The molecule has 0 heterocycles. The van der Waals surface area contributed by atoms with Crippen molar-refractivity contribution in [3.05, 3.63) is 35.4 Å². The summed E-state index contributed by atoms with van der Waals surface area (Å²) in [7, 11) is 0. The summed E-state index contributed by atoms with van der Waals surface area (Å²) in [5, 5.41) is 11.7. The highest BCUT2D eigenvalue weighted by atomic mass is 16.5. The van der Waals surface area contributed by atoms with Gasteiger partial charge in [-0.2, -0.15) is 0 Å². The molecule has 0 aliphatic heterocycles. The van der Waals surface area contributed by atoms with E-state index in [0.29, 0.717) is 12.0 Å². The zero-order valence-corrected chi connectivity index (χ0v) is 11.6. The Balaban J connectivity index is 2.04. The second-order valence-corrected chi connectivity index (χ2v) is 5.31. The Morgan fingerprint density at radius 2 is 1.80 bits per heavy atom. The number of nitrogens with one attached hydrogen (secondary N) is 2. The Morgan fingerprint density at radius 3 is 2.45 bits per heavy atom. The second kappa shape index (κ2) is 6.52. The molecule has 1 aliphatic carbocycles. The van der Waals surface area contributed by atoms with Gasteiger partial charge in [-0.1, -0.05) is 30.5 Å². The minimum atomic E-state index is -0.418. The first-order valence-electron chi connectivity index (χ1n) is 6.93. The summed E-state index contributed by atoms with van der Waals surface area (Å²) in [5.74, 6) is -0.949. The summed E-state index contributed by atoms with van der Waals surface area (Å²) in [6, 6.07) is 7.09. The van der Waals surface area contributed by atoms with Crippen LogP contribution < -0.4 is 10.8 Å². The Morgan fingerprint density at radius 1 is 1.15 bits per heavy atom. The maximum atomic E-state index is 12.2. The molecule has 1 aliphatic rings. The van der Waals surface area contributed by atoms with Crippen LogP contribution in [-0.2, 0) is 4.79 Å². The van der Waals surface area contributed by atoms with Crippen molar-refractivity contribution >= 4 is 11.8 Å². The van der Waals surface area contributed by atoms with Gasteiger partial charge in [-0.05, 0) is 31.9 Å². The molecule has 1 fully saturated rings. The highest BCUT2D eigenvalue weighted by Gasteiger charge is 2.31. The van der Waals surface area contributed by atoms with Gasteiger partial charge < -0.3 is 5.32 Å². The predicted molar refractivity (Wildman–Crippen MR) is 74.3 cm³/mol. The van der Waals surface area contributed by atoms with E-state index in [1.165, 1.54) is 0 Å². The van der Waals surface area contributed by atoms with Gasteiger partial charge >= 0.3 is 0 Å². The first-order chi connectivity index (χ1) is 9.61. The number of benzene rings is 1. The van der Waals surface area contributed by atoms with Gasteiger partial charge in [0, 0.05) is 11.6 Å². The summed E-state index contributed by atoms with van der Waals surface area (Å²) in [6.07, 6.45) is 3.37. The van der Waals surface area contributed by atoms with Crippen LogP contribution in [0.25, 0.3) is 0 Å². The van der Waals surface area contributed by atoms with E-state index in [1.54, 1.807) is 17.6 Å². The van der Waals surface area contributed by atoms with Crippen molar-refractivity contribution < 1.29 is 14.8 Å². The number of carbonyl (C=O) groups excluding carboxylic acids is 2. The van der Waals surface area contributed by atoms with E-state index in [4.69, 9.17) is 5.21 Å². The molecule has 0 bridgehead atoms. The molecule has 0 unspecified atom stereocenters. The van der Waals surface area contributed by atoms with Gasteiger partial charge in [0.05, 0.1) is 5.92 Å². The van der Waals surface area contributed by atoms with E-state index in [2.05, 4.69) is 5.32 Å². The molecule has 2 atom stereocenters. The number of amides is 2. The lowest BCUT2D eigenvalue weighted by Crippen LogP contribution is -2.47. The third-order valence-electron chi connectivity index (χ3n) is 3.84. The number of hydrogen-bond acceptors (Lipinski definition) is 3. The standard InChI is InChI=1S/C15H20N2O3/c1-10-6-8-11(9-7-10)14(18)16-13-5-3-2-4-12(13)15(19)17-20/h6-9,12-13,20H,2-5H2,1H3,(H,16,18)(H,17,19)/t12-,13-/m0/s1. The van der Waals surface area contributed by atoms with Crippen LogP contribution in [0.15, 0.2) is 24.3 Å². The minimum Gasteiger partial charge on any atom is -0.349 e. The molecule has 5 nitrogen and oxygen atoms in total. The summed E-state index contributed by atoms with van der Waals surface area (Å²) in [6.45, 7) is 1.96. The zero-order chi connectivity index (χ0) is 14.5. The summed E-state index contributed by atoms with van der Waals surface area (Å²) in [4.78, 5) is 23.8. The van der Waals surface area contributed by atoms with Gasteiger partial charge in [0.2, 0.25) is 5.91 Å². The molecule has 1 saturated carbocycles. The third-order valence-corrected chi connectivity index (χ3v) is 3.84. The van der Waals surface area contributed by atoms with Gasteiger partial charge in [-0.25, -0.2) is 5.48 Å². The van der Waals surface area contributed by atoms with Gasteiger partial charge in [0.15, 0.2) is 0 Å². The molecular formula is C15H20N2O3. The normalized spacial score (nSPS) is 22.1. The van der Waals surface area contributed by atoms with E-state index in [-0.39, 0.29) is 17.9 Å². The van der Waals surface area contributed by atoms with Crippen molar-refractivity contribution in [3.8, 4) is 0 Å². The Bertz CT molecular complexity index is 484. The SMILES string of the molecule is Cc1ccc(C(=O)N[C@H]2CCCC[C@@H]2C(=O)NO)cc1. The number of aryl methyl sites for hydroxylation is 1. The molecule has 0 saturated heterocycles. The topological polar surface area (TPSA) is 78.4 Å². The highest BCUT2D eigenvalue weighted by Crippen LogP contribution is 2.25. The molecule has 1 aromatic carbocycles. The fourth-order valence-electron chi connectivity index (χ4n) is 2.66. The molecular weight excluding hydrogens is 256 g/mol. The lowest BCUT2D eigenvalue weighted by Gasteiger charge is -2.30. The van der Waals surface area contributed by atoms with Crippen LogP contribution in [0, 0.1) is 12.8 Å². The van der Waals surface area contributed by atoms with Gasteiger partial charge in [0.1, 0.15) is 0 Å². The fourth-order valence-corrected chi connectivity index (χ4v) is 2.66.